The normalized spacial score (nSPS) is 14.9. The number of rotatable bonds is 5. The molecule has 1 atom stereocenters. The molecule has 5 nitrogen and oxygen atoms in total. The number of nitrogens with zero attached hydrogens (tertiary/aromatic N) is 2. The number of anilines is 2. The SMILES string of the molecule is C[C@@H](CN1CCCC1)N(C)C(=O)Cc1ccccc1N.Nc1ccccc1. The van der Waals surface area contributed by atoms with E-state index in [9.17, 15) is 4.79 Å². The van der Waals surface area contributed by atoms with Crippen molar-refractivity contribution in [3.63, 3.8) is 0 Å². The zero-order valence-corrected chi connectivity index (χ0v) is 16.5. The largest absolute Gasteiger partial charge is 0.399 e. The van der Waals surface area contributed by atoms with Crippen molar-refractivity contribution >= 4 is 17.3 Å². The average Bonchev–Trinajstić information content (AvgIpc) is 3.17. The summed E-state index contributed by atoms with van der Waals surface area (Å²) < 4.78 is 0. The lowest BCUT2D eigenvalue weighted by Gasteiger charge is -2.29. The predicted molar refractivity (Wildman–Crippen MR) is 113 cm³/mol. The van der Waals surface area contributed by atoms with Gasteiger partial charge in [0.2, 0.25) is 5.91 Å². The summed E-state index contributed by atoms with van der Waals surface area (Å²) in [5.74, 6) is 0.134. The van der Waals surface area contributed by atoms with E-state index in [2.05, 4.69) is 11.8 Å². The van der Waals surface area contributed by atoms with Crippen molar-refractivity contribution in [2.45, 2.75) is 32.2 Å². The Bertz CT molecular complexity index is 698. The number of amides is 1. The number of carbonyl (C=O) groups is 1. The number of nitrogens with two attached hydrogens (primary N) is 2. The van der Waals surface area contributed by atoms with Crippen LogP contribution in [0.3, 0.4) is 0 Å². The van der Waals surface area contributed by atoms with Gasteiger partial charge in [0.15, 0.2) is 0 Å². The van der Waals surface area contributed by atoms with Gasteiger partial charge in [-0.15, -0.1) is 0 Å². The van der Waals surface area contributed by atoms with Crippen LogP contribution in [0.5, 0.6) is 0 Å². The smallest absolute Gasteiger partial charge is 0.227 e. The fraction of sp³-hybridized carbons (Fsp3) is 0.409. The number of likely N-dealkylation sites (N-methyl/N-ethyl adjacent to an activating group) is 1. The molecule has 2 aromatic rings. The summed E-state index contributed by atoms with van der Waals surface area (Å²) in [4.78, 5) is 16.6. The van der Waals surface area contributed by atoms with Gasteiger partial charge in [0.1, 0.15) is 0 Å². The first-order valence-corrected chi connectivity index (χ1v) is 9.59. The maximum absolute atomic E-state index is 12.3. The number of hydrogen-bond acceptors (Lipinski definition) is 4. The minimum Gasteiger partial charge on any atom is -0.399 e. The average molecular weight is 369 g/mol. The number of nitrogen functional groups attached to an aromatic ring is 2. The molecular weight excluding hydrogens is 336 g/mol. The van der Waals surface area contributed by atoms with Gasteiger partial charge >= 0.3 is 0 Å². The Labute approximate surface area is 162 Å². The first kappa shape index (κ1) is 20.8. The lowest BCUT2D eigenvalue weighted by atomic mass is 10.1. The molecule has 0 spiro atoms. The second kappa shape index (κ2) is 10.6. The molecule has 5 heteroatoms. The highest BCUT2D eigenvalue weighted by atomic mass is 16.2. The van der Waals surface area contributed by atoms with Gasteiger partial charge in [-0.1, -0.05) is 36.4 Å². The molecule has 1 fully saturated rings. The summed E-state index contributed by atoms with van der Waals surface area (Å²) in [6, 6.07) is 17.3. The highest BCUT2D eigenvalue weighted by molar-refractivity contribution is 5.80. The first-order chi connectivity index (χ1) is 13.0. The number of hydrogen-bond donors (Lipinski definition) is 2. The summed E-state index contributed by atoms with van der Waals surface area (Å²) in [6.45, 7) is 5.41. The van der Waals surface area contributed by atoms with Gasteiger partial charge in [0.05, 0.1) is 6.42 Å². The molecule has 146 valence electrons. The van der Waals surface area contributed by atoms with Crippen LogP contribution in [0, 0.1) is 0 Å². The Kier molecular flexibility index (Phi) is 8.14. The summed E-state index contributed by atoms with van der Waals surface area (Å²) in [7, 11) is 1.89. The zero-order valence-electron chi connectivity index (χ0n) is 16.5. The van der Waals surface area contributed by atoms with Crippen LogP contribution in [-0.2, 0) is 11.2 Å². The molecule has 0 radical (unpaired) electrons. The third-order valence-electron chi connectivity index (χ3n) is 4.97. The Morgan fingerprint density at radius 1 is 1.04 bits per heavy atom. The molecule has 27 heavy (non-hydrogen) atoms. The van der Waals surface area contributed by atoms with Crippen molar-refractivity contribution in [3.8, 4) is 0 Å². The van der Waals surface area contributed by atoms with Crippen molar-refractivity contribution < 1.29 is 4.79 Å². The van der Waals surface area contributed by atoms with E-state index >= 15 is 0 Å². The minimum absolute atomic E-state index is 0.134. The van der Waals surface area contributed by atoms with E-state index in [-0.39, 0.29) is 11.9 Å². The van der Waals surface area contributed by atoms with Crippen LogP contribution in [0.2, 0.25) is 0 Å². The molecule has 3 rings (SSSR count). The predicted octanol–water partition coefficient (Wildman–Crippen LogP) is 3.02. The van der Waals surface area contributed by atoms with Gasteiger partial charge in [0, 0.05) is 31.0 Å². The molecule has 0 unspecified atom stereocenters. The van der Waals surface area contributed by atoms with E-state index in [0.29, 0.717) is 12.1 Å². The van der Waals surface area contributed by atoms with E-state index in [1.54, 1.807) is 0 Å². The summed E-state index contributed by atoms with van der Waals surface area (Å²) in [6.07, 6.45) is 2.95. The van der Waals surface area contributed by atoms with Gasteiger partial charge in [-0.05, 0) is 56.6 Å². The maximum Gasteiger partial charge on any atom is 0.227 e. The van der Waals surface area contributed by atoms with Gasteiger partial charge < -0.3 is 21.3 Å². The Hall–Kier alpha value is -2.53. The van der Waals surface area contributed by atoms with E-state index in [4.69, 9.17) is 11.5 Å². The van der Waals surface area contributed by atoms with Crippen LogP contribution in [0.1, 0.15) is 25.3 Å². The summed E-state index contributed by atoms with van der Waals surface area (Å²) >= 11 is 0. The van der Waals surface area contributed by atoms with Crippen molar-refractivity contribution in [1.29, 1.82) is 0 Å². The minimum atomic E-state index is 0.134. The van der Waals surface area contributed by atoms with Crippen LogP contribution in [0.4, 0.5) is 11.4 Å². The van der Waals surface area contributed by atoms with Crippen molar-refractivity contribution in [3.05, 3.63) is 60.2 Å². The Morgan fingerprint density at radius 2 is 1.63 bits per heavy atom. The Balaban J connectivity index is 0.000000313. The van der Waals surface area contributed by atoms with Crippen LogP contribution in [0.25, 0.3) is 0 Å². The highest BCUT2D eigenvalue weighted by Crippen LogP contribution is 2.14. The second-order valence-corrected chi connectivity index (χ2v) is 7.15. The maximum atomic E-state index is 12.3. The molecule has 4 N–H and O–H groups in total. The monoisotopic (exact) mass is 368 g/mol. The molecule has 1 saturated heterocycles. The molecule has 0 aliphatic carbocycles. The van der Waals surface area contributed by atoms with E-state index in [0.717, 1.165) is 30.9 Å². The quantitative estimate of drug-likeness (QED) is 0.796. The number of carbonyl (C=O) groups excluding carboxylic acids is 1. The number of benzene rings is 2. The van der Waals surface area contributed by atoms with Gasteiger partial charge in [-0.3, -0.25) is 4.79 Å². The summed E-state index contributed by atoms with van der Waals surface area (Å²) in [5.41, 5.74) is 13.7. The number of para-hydroxylation sites is 2. The third kappa shape index (κ3) is 6.94. The second-order valence-electron chi connectivity index (χ2n) is 7.15. The topological polar surface area (TPSA) is 75.6 Å². The van der Waals surface area contributed by atoms with Crippen LogP contribution < -0.4 is 11.5 Å². The molecule has 0 aromatic heterocycles. The van der Waals surface area contributed by atoms with Crippen LogP contribution in [-0.4, -0.2) is 48.4 Å². The molecule has 2 aromatic carbocycles. The molecule has 1 heterocycles. The lowest BCUT2D eigenvalue weighted by Crippen LogP contribution is -2.43. The van der Waals surface area contributed by atoms with Crippen molar-refractivity contribution in [2.75, 3.05) is 38.1 Å². The fourth-order valence-electron chi connectivity index (χ4n) is 3.14. The molecule has 1 aliphatic rings. The molecule has 0 bridgehead atoms. The highest BCUT2D eigenvalue weighted by Gasteiger charge is 2.21. The summed E-state index contributed by atoms with van der Waals surface area (Å²) in [5, 5.41) is 0. The third-order valence-corrected chi connectivity index (χ3v) is 4.97. The van der Waals surface area contributed by atoms with Crippen LogP contribution in [0.15, 0.2) is 54.6 Å². The molecular formula is C22H32N4O. The van der Waals surface area contributed by atoms with Crippen molar-refractivity contribution in [2.24, 2.45) is 0 Å². The fourth-order valence-corrected chi connectivity index (χ4v) is 3.14. The van der Waals surface area contributed by atoms with Crippen LogP contribution >= 0.6 is 0 Å². The van der Waals surface area contributed by atoms with Gasteiger partial charge in [-0.2, -0.15) is 0 Å². The van der Waals surface area contributed by atoms with Gasteiger partial charge in [-0.25, -0.2) is 0 Å². The zero-order chi connectivity index (χ0) is 19.6. The van der Waals surface area contributed by atoms with E-state index < -0.39 is 0 Å². The lowest BCUT2D eigenvalue weighted by molar-refractivity contribution is -0.131. The van der Waals surface area contributed by atoms with Gasteiger partial charge in [0.25, 0.3) is 0 Å². The first-order valence-electron chi connectivity index (χ1n) is 9.59. The number of likely N-dealkylation sites (tertiary alicyclic amines) is 1. The van der Waals surface area contributed by atoms with E-state index in [1.165, 1.54) is 12.8 Å². The Morgan fingerprint density at radius 3 is 2.19 bits per heavy atom. The van der Waals surface area contributed by atoms with E-state index in [1.807, 2.05) is 66.5 Å². The molecule has 0 saturated carbocycles. The van der Waals surface area contributed by atoms with Crippen molar-refractivity contribution in [1.82, 2.24) is 9.80 Å². The standard InChI is InChI=1S/C16H25N3O.C6H7N/c1-13(12-19-9-5-6-10-19)18(2)16(20)11-14-7-3-4-8-15(14)17;7-6-4-2-1-3-5-6/h3-4,7-8,13H,5-6,9-12,17H2,1-2H3;1-5H,7H2/t13-;/m0./s1. The molecule has 1 aliphatic heterocycles. The molecule has 1 amide bonds.